The zero-order chi connectivity index (χ0) is 12.7. The largest absolute Gasteiger partial charge is 0.448 e. The van der Waals surface area contributed by atoms with Crippen molar-refractivity contribution in [1.82, 2.24) is 5.32 Å². The fourth-order valence-electron chi connectivity index (χ4n) is 2.26. The molecule has 1 rings (SSSR count). The fraction of sp³-hybridized carbons (Fsp3) is 0.818. The minimum absolute atomic E-state index is 0.0345. The predicted octanol–water partition coefficient (Wildman–Crippen LogP) is 0.107. The molecule has 0 aromatic rings. The van der Waals surface area contributed by atoms with Crippen LogP contribution in [-0.4, -0.2) is 31.7 Å². The molecule has 1 fully saturated rings. The van der Waals surface area contributed by atoms with Crippen molar-refractivity contribution in [3.05, 3.63) is 0 Å². The maximum atomic E-state index is 12.0. The summed E-state index contributed by atoms with van der Waals surface area (Å²) in [6.45, 7) is 0.751. The highest BCUT2D eigenvalue weighted by Crippen LogP contribution is 2.35. The Morgan fingerprint density at radius 2 is 1.88 bits per heavy atom. The van der Waals surface area contributed by atoms with Crippen molar-refractivity contribution in [2.75, 3.05) is 19.7 Å². The average molecular weight is 243 g/mol. The highest BCUT2D eigenvalue weighted by atomic mass is 16.5. The molecule has 0 spiro atoms. The zero-order valence-electron chi connectivity index (χ0n) is 10.0. The summed E-state index contributed by atoms with van der Waals surface area (Å²) in [6, 6.07) is 0. The first-order chi connectivity index (χ1) is 8.10. The minimum atomic E-state index is -0.828. The summed E-state index contributed by atoms with van der Waals surface area (Å²) in [5, 5.41) is 2.75. The number of nitrogens with one attached hydrogen (secondary N) is 1. The van der Waals surface area contributed by atoms with E-state index in [0.717, 1.165) is 25.7 Å². The van der Waals surface area contributed by atoms with E-state index >= 15 is 0 Å². The third kappa shape index (κ3) is 3.89. The smallest absolute Gasteiger partial charge is 0.404 e. The van der Waals surface area contributed by atoms with Gasteiger partial charge in [-0.1, -0.05) is 19.3 Å². The molecule has 98 valence electrons. The lowest BCUT2D eigenvalue weighted by molar-refractivity contribution is -0.132. The van der Waals surface area contributed by atoms with Crippen LogP contribution in [0.15, 0.2) is 0 Å². The molecule has 6 heteroatoms. The first kappa shape index (κ1) is 13.8. The van der Waals surface area contributed by atoms with E-state index in [1.807, 2.05) is 0 Å². The number of carbonyl (C=O) groups is 2. The van der Waals surface area contributed by atoms with Gasteiger partial charge in [0.1, 0.15) is 6.61 Å². The molecular weight excluding hydrogens is 222 g/mol. The number of hydrogen-bond donors (Lipinski definition) is 3. The first-order valence-corrected chi connectivity index (χ1v) is 6.01. The van der Waals surface area contributed by atoms with Crippen LogP contribution in [0.25, 0.3) is 0 Å². The quantitative estimate of drug-likeness (QED) is 0.595. The third-order valence-corrected chi connectivity index (χ3v) is 3.32. The number of nitrogens with two attached hydrogens (primary N) is 2. The van der Waals surface area contributed by atoms with Crippen LogP contribution in [-0.2, 0) is 9.53 Å². The van der Waals surface area contributed by atoms with Gasteiger partial charge in [-0.25, -0.2) is 4.79 Å². The molecule has 1 aliphatic rings. The van der Waals surface area contributed by atoms with Crippen molar-refractivity contribution in [1.29, 1.82) is 0 Å². The summed E-state index contributed by atoms with van der Waals surface area (Å²) in [7, 11) is 0. The predicted molar refractivity (Wildman–Crippen MR) is 63.1 cm³/mol. The molecule has 0 saturated heterocycles. The molecule has 0 aromatic carbocycles. The van der Waals surface area contributed by atoms with Crippen LogP contribution in [0.5, 0.6) is 0 Å². The van der Waals surface area contributed by atoms with Gasteiger partial charge in [-0.15, -0.1) is 0 Å². The molecule has 1 saturated carbocycles. The van der Waals surface area contributed by atoms with E-state index in [1.54, 1.807) is 0 Å². The average Bonchev–Trinajstić information content (AvgIpc) is 2.35. The van der Waals surface area contributed by atoms with Crippen molar-refractivity contribution < 1.29 is 14.3 Å². The second kappa shape index (κ2) is 6.44. The Kier molecular flexibility index (Phi) is 5.21. The lowest BCUT2D eigenvalue weighted by Gasteiger charge is -2.34. The van der Waals surface area contributed by atoms with Crippen LogP contribution in [0.3, 0.4) is 0 Å². The van der Waals surface area contributed by atoms with Gasteiger partial charge in [0.15, 0.2) is 0 Å². The second-order valence-electron chi connectivity index (χ2n) is 4.47. The van der Waals surface area contributed by atoms with Crippen LogP contribution >= 0.6 is 0 Å². The lowest BCUT2D eigenvalue weighted by atomic mass is 9.73. The summed E-state index contributed by atoms with van der Waals surface area (Å²) >= 11 is 0. The van der Waals surface area contributed by atoms with Gasteiger partial charge in [-0.05, 0) is 12.8 Å². The molecule has 0 heterocycles. The SMILES string of the molecule is NCC1(C(=O)NCCOC(N)=O)CCCCC1. The maximum absolute atomic E-state index is 12.0. The van der Waals surface area contributed by atoms with Crippen LogP contribution in [0.2, 0.25) is 0 Å². The normalized spacial score (nSPS) is 18.4. The Morgan fingerprint density at radius 3 is 2.41 bits per heavy atom. The van der Waals surface area contributed by atoms with Crippen molar-refractivity contribution in [2.24, 2.45) is 16.9 Å². The fourth-order valence-corrected chi connectivity index (χ4v) is 2.26. The van der Waals surface area contributed by atoms with E-state index in [4.69, 9.17) is 11.5 Å². The number of hydrogen-bond acceptors (Lipinski definition) is 4. The molecular formula is C11H21N3O3. The molecule has 17 heavy (non-hydrogen) atoms. The van der Waals surface area contributed by atoms with Crippen LogP contribution < -0.4 is 16.8 Å². The highest BCUT2D eigenvalue weighted by Gasteiger charge is 2.37. The molecule has 0 aromatic heterocycles. The van der Waals surface area contributed by atoms with Crippen molar-refractivity contribution >= 4 is 12.0 Å². The standard InChI is InChI=1S/C11H21N3O3/c12-8-11(4-2-1-3-5-11)9(15)14-6-7-17-10(13)16/h1-8,12H2,(H2,13,16)(H,14,15). The van der Waals surface area contributed by atoms with E-state index in [-0.39, 0.29) is 19.1 Å². The molecule has 0 aliphatic heterocycles. The number of ether oxygens (including phenoxy) is 1. The summed E-state index contributed by atoms with van der Waals surface area (Å²) < 4.78 is 4.54. The Morgan fingerprint density at radius 1 is 1.24 bits per heavy atom. The second-order valence-corrected chi connectivity index (χ2v) is 4.47. The van der Waals surface area contributed by atoms with Gasteiger partial charge >= 0.3 is 6.09 Å². The summed E-state index contributed by atoms with van der Waals surface area (Å²) in [5.74, 6) is -0.0345. The van der Waals surface area contributed by atoms with E-state index in [0.29, 0.717) is 6.54 Å². The lowest BCUT2D eigenvalue weighted by Crippen LogP contribution is -2.48. The zero-order valence-corrected chi connectivity index (χ0v) is 10.0. The van der Waals surface area contributed by atoms with Crippen LogP contribution in [0, 0.1) is 5.41 Å². The van der Waals surface area contributed by atoms with Gasteiger partial charge in [0.2, 0.25) is 5.91 Å². The topological polar surface area (TPSA) is 107 Å². The van der Waals surface area contributed by atoms with Gasteiger partial charge in [0, 0.05) is 6.54 Å². The Balaban J connectivity index is 2.36. The van der Waals surface area contributed by atoms with Gasteiger partial charge in [0.05, 0.1) is 12.0 Å². The molecule has 6 nitrogen and oxygen atoms in total. The van der Waals surface area contributed by atoms with Gasteiger partial charge in [0.25, 0.3) is 0 Å². The maximum Gasteiger partial charge on any atom is 0.404 e. The van der Waals surface area contributed by atoms with Crippen LogP contribution in [0.1, 0.15) is 32.1 Å². The molecule has 0 bridgehead atoms. The van der Waals surface area contributed by atoms with Crippen molar-refractivity contribution in [3.8, 4) is 0 Å². The van der Waals surface area contributed by atoms with E-state index in [9.17, 15) is 9.59 Å². The monoisotopic (exact) mass is 243 g/mol. The number of rotatable bonds is 5. The number of amides is 2. The number of carbonyl (C=O) groups excluding carboxylic acids is 2. The van der Waals surface area contributed by atoms with Gasteiger partial charge < -0.3 is 21.5 Å². The Bertz CT molecular complexity index is 275. The number of primary amides is 1. The van der Waals surface area contributed by atoms with Crippen molar-refractivity contribution in [3.63, 3.8) is 0 Å². The van der Waals surface area contributed by atoms with Crippen molar-refractivity contribution in [2.45, 2.75) is 32.1 Å². The Hall–Kier alpha value is -1.30. The molecule has 1 aliphatic carbocycles. The van der Waals surface area contributed by atoms with E-state index in [2.05, 4.69) is 10.1 Å². The Labute approximate surface area is 101 Å². The molecule has 0 atom stereocenters. The molecule has 2 amide bonds. The van der Waals surface area contributed by atoms with E-state index in [1.165, 1.54) is 6.42 Å². The molecule has 0 radical (unpaired) electrons. The highest BCUT2D eigenvalue weighted by molar-refractivity contribution is 5.83. The molecule has 0 unspecified atom stereocenters. The summed E-state index contributed by atoms with van der Waals surface area (Å²) in [6.07, 6.45) is 4.10. The van der Waals surface area contributed by atoms with Gasteiger partial charge in [-0.2, -0.15) is 0 Å². The summed E-state index contributed by atoms with van der Waals surface area (Å²) in [4.78, 5) is 22.4. The minimum Gasteiger partial charge on any atom is -0.448 e. The molecule has 5 N–H and O–H groups in total. The van der Waals surface area contributed by atoms with E-state index < -0.39 is 11.5 Å². The first-order valence-electron chi connectivity index (χ1n) is 6.01. The summed E-state index contributed by atoms with van der Waals surface area (Å²) in [5.41, 5.74) is 10.1. The third-order valence-electron chi connectivity index (χ3n) is 3.32. The van der Waals surface area contributed by atoms with Gasteiger partial charge in [-0.3, -0.25) is 4.79 Å². The van der Waals surface area contributed by atoms with Crippen LogP contribution in [0.4, 0.5) is 4.79 Å².